The van der Waals surface area contributed by atoms with Gasteiger partial charge in [-0.25, -0.2) is 0 Å². The van der Waals surface area contributed by atoms with Crippen molar-refractivity contribution in [2.24, 2.45) is 0 Å². The van der Waals surface area contributed by atoms with E-state index in [1.54, 1.807) is 11.8 Å². The fraction of sp³-hybridized carbons (Fsp3) is 0.385. The molecule has 0 fully saturated rings. The molecular formula is C13H16ClNS. The highest BCUT2D eigenvalue weighted by molar-refractivity contribution is 7.99. The van der Waals surface area contributed by atoms with Crippen LogP contribution >= 0.6 is 23.4 Å². The molecule has 1 aromatic rings. The van der Waals surface area contributed by atoms with Crippen molar-refractivity contribution >= 4 is 23.4 Å². The molecule has 0 aliphatic heterocycles. The highest BCUT2D eigenvalue weighted by Gasteiger charge is 2.04. The van der Waals surface area contributed by atoms with Crippen LogP contribution in [-0.2, 0) is 0 Å². The van der Waals surface area contributed by atoms with Gasteiger partial charge >= 0.3 is 0 Å². The van der Waals surface area contributed by atoms with Crippen molar-refractivity contribution in [3.8, 4) is 12.3 Å². The Hall–Kier alpha value is -0.620. The highest BCUT2D eigenvalue weighted by Crippen LogP contribution is 2.20. The van der Waals surface area contributed by atoms with Crippen LogP contribution in [0.3, 0.4) is 0 Å². The van der Waals surface area contributed by atoms with E-state index in [1.807, 2.05) is 24.3 Å². The number of rotatable bonds is 6. The van der Waals surface area contributed by atoms with Crippen LogP contribution in [0.1, 0.15) is 13.3 Å². The first-order valence-corrected chi connectivity index (χ1v) is 6.70. The van der Waals surface area contributed by atoms with Gasteiger partial charge in [0.1, 0.15) is 0 Å². The number of terminal acetylenes is 1. The zero-order valence-corrected chi connectivity index (χ0v) is 10.9. The molecule has 0 spiro atoms. The Labute approximate surface area is 107 Å². The Morgan fingerprint density at radius 1 is 1.44 bits per heavy atom. The van der Waals surface area contributed by atoms with Crippen LogP contribution in [0.5, 0.6) is 0 Å². The molecule has 16 heavy (non-hydrogen) atoms. The molecule has 0 saturated carbocycles. The molecule has 86 valence electrons. The third-order valence-corrected chi connectivity index (χ3v) is 3.43. The van der Waals surface area contributed by atoms with Crippen molar-refractivity contribution in [3.63, 3.8) is 0 Å². The van der Waals surface area contributed by atoms with Gasteiger partial charge in [-0.3, -0.25) is 0 Å². The number of benzene rings is 1. The van der Waals surface area contributed by atoms with E-state index < -0.39 is 0 Å². The zero-order valence-electron chi connectivity index (χ0n) is 9.37. The first-order valence-electron chi connectivity index (χ1n) is 5.34. The van der Waals surface area contributed by atoms with E-state index in [9.17, 15) is 0 Å². The van der Waals surface area contributed by atoms with Gasteiger partial charge in [-0.1, -0.05) is 24.4 Å². The van der Waals surface area contributed by atoms with Gasteiger partial charge < -0.3 is 5.32 Å². The molecule has 0 saturated heterocycles. The van der Waals surface area contributed by atoms with Crippen LogP contribution in [-0.4, -0.2) is 18.3 Å². The minimum absolute atomic E-state index is 0.139. The summed E-state index contributed by atoms with van der Waals surface area (Å²) in [7, 11) is 0. The summed E-state index contributed by atoms with van der Waals surface area (Å²) in [6.07, 6.45) is 6.56. The van der Waals surface area contributed by atoms with Crippen LogP contribution < -0.4 is 5.32 Å². The molecule has 1 N–H and O–H groups in total. The van der Waals surface area contributed by atoms with Crippen LogP contribution in [0.4, 0.5) is 0 Å². The third-order valence-electron chi connectivity index (χ3n) is 2.07. The van der Waals surface area contributed by atoms with Gasteiger partial charge in [0.25, 0.3) is 0 Å². The summed E-state index contributed by atoms with van der Waals surface area (Å²) in [5.41, 5.74) is 0. The maximum absolute atomic E-state index is 5.82. The zero-order chi connectivity index (χ0) is 11.8. The minimum atomic E-state index is 0.139. The van der Waals surface area contributed by atoms with Gasteiger partial charge in [-0.2, -0.15) is 0 Å². The summed E-state index contributed by atoms with van der Waals surface area (Å²) >= 11 is 7.56. The van der Waals surface area contributed by atoms with Crippen LogP contribution in [0, 0.1) is 12.3 Å². The smallest absolute Gasteiger partial charge is 0.0782 e. The Kier molecular flexibility index (Phi) is 6.40. The lowest BCUT2D eigenvalue weighted by Crippen LogP contribution is -2.30. The Morgan fingerprint density at radius 3 is 2.69 bits per heavy atom. The predicted octanol–water partition coefficient (Wildman–Crippen LogP) is 3.43. The number of hydrogen-bond donors (Lipinski definition) is 1. The van der Waals surface area contributed by atoms with E-state index in [4.69, 9.17) is 18.0 Å². The molecule has 0 aromatic heterocycles. The van der Waals surface area contributed by atoms with E-state index in [1.165, 1.54) is 4.90 Å². The molecule has 1 unspecified atom stereocenters. The summed E-state index contributed by atoms with van der Waals surface area (Å²) in [5.74, 6) is 3.65. The topological polar surface area (TPSA) is 12.0 Å². The van der Waals surface area contributed by atoms with Gasteiger partial charge in [-0.15, -0.1) is 18.2 Å². The normalized spacial score (nSPS) is 12.1. The molecule has 0 aliphatic rings. The quantitative estimate of drug-likeness (QED) is 0.616. The maximum Gasteiger partial charge on any atom is 0.0782 e. The van der Waals surface area contributed by atoms with Crippen molar-refractivity contribution in [1.29, 1.82) is 0 Å². The Balaban J connectivity index is 2.38. The average Bonchev–Trinajstić information content (AvgIpc) is 2.32. The molecule has 1 atom stereocenters. The van der Waals surface area contributed by atoms with E-state index in [2.05, 4.69) is 18.2 Å². The molecule has 0 bridgehead atoms. The van der Waals surface area contributed by atoms with Crippen LogP contribution in [0.2, 0.25) is 5.02 Å². The van der Waals surface area contributed by atoms with E-state index in [-0.39, 0.29) is 6.04 Å². The molecule has 1 nitrogen and oxygen atoms in total. The minimum Gasteiger partial charge on any atom is -0.303 e. The first-order chi connectivity index (χ1) is 7.76. The molecular weight excluding hydrogens is 238 g/mol. The fourth-order valence-corrected chi connectivity index (χ4v) is 2.22. The van der Waals surface area contributed by atoms with E-state index in [0.717, 1.165) is 23.7 Å². The summed E-state index contributed by atoms with van der Waals surface area (Å²) in [5, 5.41) is 4.08. The summed E-state index contributed by atoms with van der Waals surface area (Å²) < 4.78 is 0. The van der Waals surface area contributed by atoms with E-state index in [0.29, 0.717) is 0 Å². The van der Waals surface area contributed by atoms with Crippen molar-refractivity contribution in [1.82, 2.24) is 5.32 Å². The Bertz CT molecular complexity index is 342. The highest BCUT2D eigenvalue weighted by atomic mass is 35.5. The number of thioether (sulfide) groups is 1. The molecule has 1 rings (SSSR count). The van der Waals surface area contributed by atoms with Gasteiger partial charge in [0.2, 0.25) is 0 Å². The number of nitrogens with one attached hydrogen (secondary N) is 1. The second-order valence-electron chi connectivity index (χ2n) is 3.44. The molecule has 0 amide bonds. The maximum atomic E-state index is 5.82. The van der Waals surface area contributed by atoms with Crippen molar-refractivity contribution in [2.45, 2.75) is 24.3 Å². The predicted molar refractivity (Wildman–Crippen MR) is 73.1 cm³/mol. The summed E-state index contributed by atoms with van der Waals surface area (Å²) in [6, 6.07) is 7.96. The lowest BCUT2D eigenvalue weighted by molar-refractivity contribution is 0.642. The van der Waals surface area contributed by atoms with Crippen molar-refractivity contribution in [2.75, 3.05) is 12.3 Å². The molecule has 1 aromatic carbocycles. The van der Waals surface area contributed by atoms with Gasteiger partial charge in [-0.05, 0) is 37.2 Å². The van der Waals surface area contributed by atoms with Crippen molar-refractivity contribution in [3.05, 3.63) is 29.3 Å². The molecule has 0 heterocycles. The van der Waals surface area contributed by atoms with Gasteiger partial charge in [0.05, 0.1) is 6.04 Å². The number of hydrogen-bond acceptors (Lipinski definition) is 2. The second kappa shape index (κ2) is 7.62. The Morgan fingerprint density at radius 2 is 2.12 bits per heavy atom. The van der Waals surface area contributed by atoms with Crippen LogP contribution in [0.15, 0.2) is 29.2 Å². The van der Waals surface area contributed by atoms with Crippen molar-refractivity contribution < 1.29 is 0 Å². The first kappa shape index (κ1) is 13.4. The third kappa shape index (κ3) is 4.94. The molecule has 3 heteroatoms. The van der Waals surface area contributed by atoms with Gasteiger partial charge in [0, 0.05) is 15.7 Å². The summed E-state index contributed by atoms with van der Waals surface area (Å²) in [4.78, 5) is 1.20. The fourth-order valence-electron chi connectivity index (χ4n) is 1.19. The molecule has 0 aliphatic carbocycles. The largest absolute Gasteiger partial charge is 0.303 e. The van der Waals surface area contributed by atoms with Gasteiger partial charge in [0.15, 0.2) is 0 Å². The standard InChI is InChI=1S/C13H16ClNS/c1-3-9-15-12(4-2)10-16-13-7-5-11(14)6-8-13/h2,5-8,12,15H,3,9-10H2,1H3. The van der Waals surface area contributed by atoms with Crippen LogP contribution in [0.25, 0.3) is 0 Å². The lowest BCUT2D eigenvalue weighted by atomic mass is 10.3. The SMILES string of the molecule is C#CC(CSc1ccc(Cl)cc1)NCCC. The molecule has 0 radical (unpaired) electrons. The summed E-state index contributed by atoms with van der Waals surface area (Å²) in [6.45, 7) is 3.10. The average molecular weight is 254 g/mol. The lowest BCUT2D eigenvalue weighted by Gasteiger charge is -2.11. The number of halogens is 1. The second-order valence-corrected chi connectivity index (χ2v) is 4.97. The van der Waals surface area contributed by atoms with E-state index >= 15 is 0 Å². The monoisotopic (exact) mass is 253 g/mol.